The maximum atomic E-state index is 12.7. The van der Waals surface area contributed by atoms with Crippen LogP contribution in [0.5, 0.6) is 0 Å². The van der Waals surface area contributed by atoms with Crippen LogP contribution in [0.4, 0.5) is 5.69 Å². The highest BCUT2D eigenvalue weighted by Crippen LogP contribution is 2.33. The summed E-state index contributed by atoms with van der Waals surface area (Å²) in [6.45, 7) is 2.08. The van der Waals surface area contributed by atoms with E-state index < -0.39 is 0 Å². The van der Waals surface area contributed by atoms with Gasteiger partial charge < -0.3 is 10.1 Å². The van der Waals surface area contributed by atoms with Gasteiger partial charge in [0.15, 0.2) is 0 Å². The van der Waals surface area contributed by atoms with Crippen molar-refractivity contribution in [1.82, 2.24) is 10.2 Å². The van der Waals surface area contributed by atoms with E-state index >= 15 is 0 Å². The van der Waals surface area contributed by atoms with Gasteiger partial charge in [0, 0.05) is 16.8 Å². The molecule has 6 nitrogen and oxygen atoms in total. The second kappa shape index (κ2) is 7.07. The first-order valence-electron chi connectivity index (χ1n) is 8.91. The molecule has 2 N–H and O–H groups in total. The van der Waals surface area contributed by atoms with Gasteiger partial charge in [-0.1, -0.05) is 24.3 Å². The van der Waals surface area contributed by atoms with Gasteiger partial charge in [0.25, 0.3) is 5.91 Å². The number of carbonyl (C=O) groups is 2. The maximum Gasteiger partial charge on any atom is 0.338 e. The van der Waals surface area contributed by atoms with Crippen molar-refractivity contribution >= 4 is 17.6 Å². The van der Waals surface area contributed by atoms with Crippen molar-refractivity contribution in [3.8, 4) is 11.3 Å². The molecule has 0 aliphatic heterocycles. The van der Waals surface area contributed by atoms with E-state index in [1.165, 1.54) is 5.56 Å². The molecule has 0 atom stereocenters. The number of aromatic amines is 1. The molecule has 27 heavy (non-hydrogen) atoms. The molecule has 0 fully saturated rings. The SMILES string of the molecule is CCOC(=O)c1ccc(NC(=O)c2[nH]nc3c2CCc2ccccc2-3)cc1. The molecule has 0 unspecified atom stereocenters. The third-order valence-corrected chi connectivity index (χ3v) is 4.66. The number of aromatic nitrogens is 2. The Kier molecular flexibility index (Phi) is 4.46. The van der Waals surface area contributed by atoms with Crippen LogP contribution in [0.25, 0.3) is 11.3 Å². The van der Waals surface area contributed by atoms with Crippen molar-refractivity contribution in [2.45, 2.75) is 19.8 Å². The molecule has 1 aliphatic carbocycles. The molecule has 1 heterocycles. The number of H-pyrrole nitrogens is 1. The van der Waals surface area contributed by atoms with Crippen LogP contribution in [-0.4, -0.2) is 28.7 Å². The van der Waals surface area contributed by atoms with E-state index in [2.05, 4.69) is 21.6 Å². The van der Waals surface area contributed by atoms with Gasteiger partial charge in [-0.05, 0) is 49.6 Å². The van der Waals surface area contributed by atoms with E-state index in [0.717, 1.165) is 29.7 Å². The van der Waals surface area contributed by atoms with Crippen LogP contribution in [0.3, 0.4) is 0 Å². The molecule has 0 spiro atoms. The summed E-state index contributed by atoms with van der Waals surface area (Å²) in [6, 6.07) is 14.8. The maximum absolute atomic E-state index is 12.7. The number of anilines is 1. The zero-order valence-corrected chi connectivity index (χ0v) is 14.9. The fourth-order valence-corrected chi connectivity index (χ4v) is 3.35. The number of nitrogens with one attached hydrogen (secondary N) is 2. The van der Waals surface area contributed by atoms with E-state index in [1.807, 2.05) is 18.2 Å². The first-order chi connectivity index (χ1) is 13.2. The number of nitrogens with zero attached hydrogens (tertiary/aromatic N) is 1. The lowest BCUT2D eigenvalue weighted by molar-refractivity contribution is 0.0526. The summed E-state index contributed by atoms with van der Waals surface area (Å²) < 4.78 is 4.96. The van der Waals surface area contributed by atoms with Gasteiger partial charge in [-0.3, -0.25) is 9.89 Å². The fraction of sp³-hybridized carbons (Fsp3) is 0.190. The average molecular weight is 361 g/mol. The van der Waals surface area contributed by atoms with Gasteiger partial charge >= 0.3 is 5.97 Å². The lowest BCUT2D eigenvalue weighted by Crippen LogP contribution is -2.16. The summed E-state index contributed by atoms with van der Waals surface area (Å²) in [5.41, 5.74) is 5.65. The average Bonchev–Trinajstić information content (AvgIpc) is 3.13. The highest BCUT2D eigenvalue weighted by atomic mass is 16.5. The van der Waals surface area contributed by atoms with E-state index in [4.69, 9.17) is 4.74 Å². The summed E-state index contributed by atoms with van der Waals surface area (Å²) >= 11 is 0. The second-order valence-electron chi connectivity index (χ2n) is 6.33. The normalized spacial score (nSPS) is 12.0. The number of carbonyl (C=O) groups excluding carboxylic acids is 2. The molecular weight excluding hydrogens is 342 g/mol. The number of fused-ring (bicyclic) bond motifs is 3. The highest BCUT2D eigenvalue weighted by Gasteiger charge is 2.25. The Bertz CT molecular complexity index is 1010. The minimum atomic E-state index is -0.378. The summed E-state index contributed by atoms with van der Waals surface area (Å²) in [5, 5.41) is 10.1. The summed E-state index contributed by atoms with van der Waals surface area (Å²) in [7, 11) is 0. The van der Waals surface area contributed by atoms with Gasteiger partial charge in [-0.25, -0.2) is 4.79 Å². The quantitative estimate of drug-likeness (QED) is 0.696. The molecule has 1 aromatic heterocycles. The van der Waals surface area contributed by atoms with Crippen molar-refractivity contribution in [3.05, 3.63) is 70.9 Å². The Morgan fingerprint density at radius 3 is 2.67 bits per heavy atom. The minimum Gasteiger partial charge on any atom is -0.462 e. The third kappa shape index (κ3) is 3.21. The lowest BCUT2D eigenvalue weighted by Gasteiger charge is -2.15. The van der Waals surface area contributed by atoms with Crippen LogP contribution in [-0.2, 0) is 17.6 Å². The van der Waals surface area contributed by atoms with Crippen molar-refractivity contribution in [2.24, 2.45) is 0 Å². The zero-order valence-electron chi connectivity index (χ0n) is 14.9. The topological polar surface area (TPSA) is 84.1 Å². The first kappa shape index (κ1) is 17.0. The number of aryl methyl sites for hydroxylation is 1. The predicted molar refractivity (Wildman–Crippen MR) is 102 cm³/mol. The molecule has 4 rings (SSSR count). The molecule has 0 radical (unpaired) electrons. The molecule has 3 aromatic rings. The molecule has 1 aliphatic rings. The Morgan fingerprint density at radius 1 is 1.11 bits per heavy atom. The number of benzene rings is 2. The largest absolute Gasteiger partial charge is 0.462 e. The number of hydrogen-bond acceptors (Lipinski definition) is 4. The van der Waals surface area contributed by atoms with Crippen molar-refractivity contribution in [1.29, 1.82) is 0 Å². The second-order valence-corrected chi connectivity index (χ2v) is 6.33. The summed E-state index contributed by atoms with van der Waals surface area (Å²) in [5.74, 6) is -0.622. The summed E-state index contributed by atoms with van der Waals surface area (Å²) in [6.07, 6.45) is 1.66. The van der Waals surface area contributed by atoms with Crippen LogP contribution in [0.1, 0.15) is 38.9 Å². The van der Waals surface area contributed by atoms with Gasteiger partial charge in [0.2, 0.25) is 0 Å². The van der Waals surface area contributed by atoms with Crippen LogP contribution in [0.15, 0.2) is 48.5 Å². The first-order valence-corrected chi connectivity index (χ1v) is 8.91. The van der Waals surface area contributed by atoms with E-state index in [9.17, 15) is 9.59 Å². The molecule has 1 amide bonds. The molecule has 2 aromatic carbocycles. The molecule has 136 valence electrons. The monoisotopic (exact) mass is 361 g/mol. The van der Waals surface area contributed by atoms with Crippen molar-refractivity contribution in [2.75, 3.05) is 11.9 Å². The van der Waals surface area contributed by atoms with Crippen molar-refractivity contribution in [3.63, 3.8) is 0 Å². The predicted octanol–water partition coefficient (Wildman–Crippen LogP) is 3.60. The minimum absolute atomic E-state index is 0.244. The summed E-state index contributed by atoms with van der Waals surface area (Å²) in [4.78, 5) is 24.4. The lowest BCUT2D eigenvalue weighted by atomic mass is 9.89. The molecular formula is C21H19N3O3. The number of esters is 1. The van der Waals surface area contributed by atoms with Crippen LogP contribution >= 0.6 is 0 Å². The van der Waals surface area contributed by atoms with E-state index in [0.29, 0.717) is 23.6 Å². The van der Waals surface area contributed by atoms with E-state index in [-0.39, 0.29) is 11.9 Å². The highest BCUT2D eigenvalue weighted by molar-refractivity contribution is 6.05. The van der Waals surface area contributed by atoms with Crippen LogP contribution in [0, 0.1) is 0 Å². The standard InChI is InChI=1S/C21H19N3O3/c1-2-27-21(26)14-7-10-15(11-8-14)22-20(25)19-17-12-9-13-5-3-4-6-16(13)18(17)23-24-19/h3-8,10-11H,2,9,12H2,1H3,(H,22,25)(H,23,24). The number of hydrogen-bond donors (Lipinski definition) is 2. The molecule has 0 bridgehead atoms. The van der Waals surface area contributed by atoms with Crippen molar-refractivity contribution < 1.29 is 14.3 Å². The number of ether oxygens (including phenoxy) is 1. The van der Waals surface area contributed by atoms with E-state index in [1.54, 1.807) is 31.2 Å². The number of rotatable bonds is 4. The molecule has 0 saturated carbocycles. The van der Waals surface area contributed by atoms with Crippen LogP contribution in [0.2, 0.25) is 0 Å². The van der Waals surface area contributed by atoms with Gasteiger partial charge in [0.05, 0.1) is 17.9 Å². The fourth-order valence-electron chi connectivity index (χ4n) is 3.35. The third-order valence-electron chi connectivity index (χ3n) is 4.66. The van der Waals surface area contributed by atoms with Crippen LogP contribution < -0.4 is 5.32 Å². The number of amides is 1. The smallest absolute Gasteiger partial charge is 0.338 e. The van der Waals surface area contributed by atoms with Gasteiger partial charge in [-0.15, -0.1) is 0 Å². The molecule has 6 heteroatoms. The Labute approximate surface area is 156 Å². The van der Waals surface area contributed by atoms with Gasteiger partial charge in [-0.2, -0.15) is 5.10 Å². The molecule has 0 saturated heterocycles. The Morgan fingerprint density at radius 2 is 1.89 bits per heavy atom. The zero-order chi connectivity index (χ0) is 18.8. The Balaban J connectivity index is 1.54. The van der Waals surface area contributed by atoms with Gasteiger partial charge in [0.1, 0.15) is 5.69 Å². The Hall–Kier alpha value is -3.41.